The van der Waals surface area contributed by atoms with E-state index in [0.29, 0.717) is 11.3 Å². The molecule has 0 radical (unpaired) electrons. The first-order valence-electron chi connectivity index (χ1n) is 6.35. The van der Waals surface area contributed by atoms with Crippen LogP contribution in [0.4, 0.5) is 5.69 Å². The highest BCUT2D eigenvalue weighted by atomic mass is 32.2. The van der Waals surface area contributed by atoms with Crippen molar-refractivity contribution in [1.29, 1.82) is 0 Å². The molecular formula is C14H16N2O4S2. The number of primary sulfonamides is 1. The highest BCUT2D eigenvalue weighted by molar-refractivity contribution is 7.92. The topological polar surface area (TPSA) is 106 Å². The normalized spacial score (nSPS) is 12.1. The number of nitrogens with one attached hydrogen (secondary N) is 1. The van der Waals surface area contributed by atoms with Gasteiger partial charge in [-0.15, -0.1) is 0 Å². The molecule has 0 bridgehead atoms. The van der Waals surface area contributed by atoms with Gasteiger partial charge in [-0.05, 0) is 36.8 Å². The molecule has 0 saturated heterocycles. The van der Waals surface area contributed by atoms with Gasteiger partial charge in [0.15, 0.2) is 0 Å². The van der Waals surface area contributed by atoms with Crippen molar-refractivity contribution in [2.24, 2.45) is 5.14 Å². The molecule has 3 N–H and O–H groups in total. The molecule has 0 fully saturated rings. The van der Waals surface area contributed by atoms with E-state index in [1.165, 1.54) is 36.4 Å². The molecule has 2 aromatic rings. The molecule has 2 aromatic carbocycles. The Morgan fingerprint density at radius 2 is 1.45 bits per heavy atom. The number of rotatable bonds is 5. The van der Waals surface area contributed by atoms with E-state index >= 15 is 0 Å². The van der Waals surface area contributed by atoms with Gasteiger partial charge in [-0.1, -0.05) is 29.8 Å². The van der Waals surface area contributed by atoms with E-state index in [2.05, 4.69) is 4.72 Å². The van der Waals surface area contributed by atoms with E-state index in [9.17, 15) is 16.8 Å². The maximum atomic E-state index is 12.2. The Labute approximate surface area is 130 Å². The lowest BCUT2D eigenvalue weighted by atomic mass is 10.2. The van der Waals surface area contributed by atoms with E-state index in [-0.39, 0.29) is 10.6 Å². The largest absolute Gasteiger partial charge is 0.280 e. The smallest absolute Gasteiger partial charge is 0.261 e. The molecule has 0 aromatic heterocycles. The first-order valence-corrected chi connectivity index (χ1v) is 9.54. The summed E-state index contributed by atoms with van der Waals surface area (Å²) < 4.78 is 48.8. The van der Waals surface area contributed by atoms with Crippen molar-refractivity contribution in [1.82, 2.24) is 0 Å². The SMILES string of the molecule is Cc1ccc(S(=O)(=O)Nc2ccc(CS(N)(=O)=O)cc2)cc1. The summed E-state index contributed by atoms with van der Waals surface area (Å²) in [7, 11) is -7.28. The van der Waals surface area contributed by atoms with Crippen LogP contribution in [-0.4, -0.2) is 16.8 Å². The van der Waals surface area contributed by atoms with Gasteiger partial charge in [0.25, 0.3) is 10.0 Å². The summed E-state index contributed by atoms with van der Waals surface area (Å²) in [6.45, 7) is 1.87. The van der Waals surface area contributed by atoms with Gasteiger partial charge in [0.2, 0.25) is 10.0 Å². The Morgan fingerprint density at radius 1 is 0.909 bits per heavy atom. The lowest BCUT2D eigenvalue weighted by molar-refractivity contribution is 0.596. The minimum absolute atomic E-state index is 0.159. The fourth-order valence-corrected chi connectivity index (χ4v) is 3.55. The second-order valence-corrected chi connectivity index (χ2v) is 8.22. The first-order chi connectivity index (χ1) is 10.2. The van der Waals surface area contributed by atoms with Crippen LogP contribution in [0.2, 0.25) is 0 Å². The minimum atomic E-state index is -3.67. The highest BCUT2D eigenvalue weighted by Crippen LogP contribution is 2.17. The van der Waals surface area contributed by atoms with E-state index < -0.39 is 20.0 Å². The molecule has 0 amide bonds. The maximum absolute atomic E-state index is 12.2. The zero-order valence-electron chi connectivity index (χ0n) is 11.9. The molecule has 6 nitrogen and oxygen atoms in total. The lowest BCUT2D eigenvalue weighted by Crippen LogP contribution is -2.15. The van der Waals surface area contributed by atoms with Crippen LogP contribution >= 0.6 is 0 Å². The van der Waals surface area contributed by atoms with E-state index in [0.717, 1.165) is 5.56 Å². The van der Waals surface area contributed by atoms with Crippen molar-refractivity contribution in [2.75, 3.05) is 4.72 Å². The average molecular weight is 340 g/mol. The summed E-state index contributed by atoms with van der Waals surface area (Å²) >= 11 is 0. The zero-order valence-corrected chi connectivity index (χ0v) is 13.5. The second kappa shape index (κ2) is 6.07. The predicted octanol–water partition coefficient (Wildman–Crippen LogP) is 1.58. The number of nitrogens with two attached hydrogens (primary N) is 1. The number of sulfonamides is 2. The molecule has 0 aliphatic heterocycles. The van der Waals surface area contributed by atoms with Gasteiger partial charge in [-0.25, -0.2) is 22.0 Å². The Bertz CT molecular complexity index is 856. The summed E-state index contributed by atoms with van der Waals surface area (Å²) in [6, 6.07) is 12.5. The Balaban J connectivity index is 2.18. The molecule has 2 rings (SSSR count). The van der Waals surface area contributed by atoms with Gasteiger partial charge in [0.1, 0.15) is 0 Å². The second-order valence-electron chi connectivity index (χ2n) is 4.92. The molecule has 8 heteroatoms. The molecule has 22 heavy (non-hydrogen) atoms. The Kier molecular flexibility index (Phi) is 4.55. The molecule has 0 unspecified atom stereocenters. The molecule has 118 valence electrons. The molecule has 0 atom stereocenters. The van der Waals surface area contributed by atoms with Crippen LogP contribution in [0.15, 0.2) is 53.4 Å². The van der Waals surface area contributed by atoms with Crippen LogP contribution in [0.5, 0.6) is 0 Å². The van der Waals surface area contributed by atoms with Gasteiger partial charge in [0, 0.05) is 5.69 Å². The summed E-state index contributed by atoms with van der Waals surface area (Å²) in [6.07, 6.45) is 0. The quantitative estimate of drug-likeness (QED) is 0.862. The van der Waals surface area contributed by atoms with Crippen LogP contribution in [-0.2, 0) is 25.8 Å². The Hall–Kier alpha value is -1.90. The van der Waals surface area contributed by atoms with Crippen molar-refractivity contribution in [3.63, 3.8) is 0 Å². The van der Waals surface area contributed by atoms with Crippen LogP contribution in [0.25, 0.3) is 0 Å². The first kappa shape index (κ1) is 16.5. The van der Waals surface area contributed by atoms with Crippen LogP contribution in [0.3, 0.4) is 0 Å². The van der Waals surface area contributed by atoms with E-state index in [4.69, 9.17) is 5.14 Å². The van der Waals surface area contributed by atoms with Crippen molar-refractivity contribution >= 4 is 25.7 Å². The third-order valence-electron chi connectivity index (χ3n) is 2.91. The predicted molar refractivity (Wildman–Crippen MR) is 85.2 cm³/mol. The van der Waals surface area contributed by atoms with Gasteiger partial charge >= 0.3 is 0 Å². The van der Waals surface area contributed by atoms with Crippen molar-refractivity contribution in [2.45, 2.75) is 17.6 Å². The van der Waals surface area contributed by atoms with Crippen LogP contribution < -0.4 is 9.86 Å². The molecule has 0 heterocycles. The van der Waals surface area contributed by atoms with E-state index in [1.54, 1.807) is 12.1 Å². The monoisotopic (exact) mass is 340 g/mol. The molecule has 0 aliphatic rings. The van der Waals surface area contributed by atoms with E-state index in [1.807, 2.05) is 6.92 Å². The highest BCUT2D eigenvalue weighted by Gasteiger charge is 2.14. The third-order valence-corrected chi connectivity index (χ3v) is 5.04. The molecular weight excluding hydrogens is 324 g/mol. The van der Waals surface area contributed by atoms with Crippen LogP contribution in [0, 0.1) is 6.92 Å². The minimum Gasteiger partial charge on any atom is -0.280 e. The maximum Gasteiger partial charge on any atom is 0.261 e. The van der Waals surface area contributed by atoms with Crippen molar-refractivity contribution < 1.29 is 16.8 Å². The number of benzene rings is 2. The van der Waals surface area contributed by atoms with Gasteiger partial charge in [0.05, 0.1) is 10.6 Å². The summed E-state index contributed by atoms with van der Waals surface area (Å²) in [5, 5.41) is 4.96. The molecule has 0 aliphatic carbocycles. The third kappa shape index (κ3) is 4.55. The summed E-state index contributed by atoms with van der Waals surface area (Å²) in [4.78, 5) is 0.159. The molecule has 0 saturated carbocycles. The number of hydrogen-bond acceptors (Lipinski definition) is 4. The standard InChI is InChI=1S/C14H16N2O4S2/c1-11-2-8-14(9-3-11)22(19,20)16-13-6-4-12(5-7-13)10-21(15,17)18/h2-9,16H,10H2,1H3,(H2,15,17,18). The number of aryl methyl sites for hydroxylation is 1. The zero-order chi connectivity index (χ0) is 16.4. The summed E-state index contributed by atoms with van der Waals surface area (Å²) in [5.74, 6) is -0.294. The summed E-state index contributed by atoms with van der Waals surface area (Å²) in [5.41, 5.74) is 1.80. The molecule has 0 spiro atoms. The lowest BCUT2D eigenvalue weighted by Gasteiger charge is -2.09. The van der Waals surface area contributed by atoms with Crippen molar-refractivity contribution in [3.8, 4) is 0 Å². The van der Waals surface area contributed by atoms with Gasteiger partial charge in [-0.3, -0.25) is 4.72 Å². The van der Waals surface area contributed by atoms with Gasteiger partial charge in [-0.2, -0.15) is 0 Å². The fourth-order valence-electron chi connectivity index (χ4n) is 1.83. The van der Waals surface area contributed by atoms with Gasteiger partial charge < -0.3 is 0 Å². The Morgan fingerprint density at radius 3 is 1.95 bits per heavy atom. The number of anilines is 1. The van der Waals surface area contributed by atoms with Crippen LogP contribution in [0.1, 0.15) is 11.1 Å². The van der Waals surface area contributed by atoms with Crippen molar-refractivity contribution in [3.05, 3.63) is 59.7 Å². The fraction of sp³-hybridized carbons (Fsp3) is 0.143. The number of hydrogen-bond donors (Lipinski definition) is 2. The average Bonchev–Trinajstić information content (AvgIpc) is 2.39.